The SMILES string of the molecule is COc1ccc2c(c1)C(c1cccs1)C1CCCN(C)C21. The molecule has 1 fully saturated rings. The van der Waals surface area contributed by atoms with Gasteiger partial charge in [0.2, 0.25) is 0 Å². The number of piperidine rings is 1. The molecule has 1 aromatic carbocycles. The molecular weight excluding hydrogens is 278 g/mol. The van der Waals surface area contributed by atoms with Crippen LogP contribution in [-0.2, 0) is 0 Å². The van der Waals surface area contributed by atoms with E-state index in [-0.39, 0.29) is 0 Å². The van der Waals surface area contributed by atoms with Gasteiger partial charge in [0.1, 0.15) is 5.75 Å². The van der Waals surface area contributed by atoms with Gasteiger partial charge in [0.05, 0.1) is 7.11 Å². The molecule has 3 unspecified atom stereocenters. The van der Waals surface area contributed by atoms with Gasteiger partial charge in [-0.15, -0.1) is 11.3 Å². The summed E-state index contributed by atoms with van der Waals surface area (Å²) in [7, 11) is 4.04. The molecule has 0 N–H and O–H groups in total. The zero-order valence-corrected chi connectivity index (χ0v) is 13.4. The van der Waals surface area contributed by atoms with Gasteiger partial charge >= 0.3 is 0 Å². The maximum absolute atomic E-state index is 5.48. The maximum atomic E-state index is 5.48. The Hall–Kier alpha value is -1.32. The van der Waals surface area contributed by atoms with Gasteiger partial charge in [0, 0.05) is 16.8 Å². The van der Waals surface area contributed by atoms with E-state index in [9.17, 15) is 0 Å². The van der Waals surface area contributed by atoms with Crippen molar-refractivity contribution in [3.05, 3.63) is 51.7 Å². The second-order valence-electron chi connectivity index (χ2n) is 6.22. The highest BCUT2D eigenvalue weighted by Gasteiger charge is 2.45. The Morgan fingerprint density at radius 3 is 2.90 bits per heavy atom. The van der Waals surface area contributed by atoms with E-state index < -0.39 is 0 Å². The first-order valence-electron chi connectivity index (χ1n) is 7.71. The molecule has 3 heteroatoms. The van der Waals surface area contributed by atoms with E-state index in [2.05, 4.69) is 47.7 Å². The third-order valence-corrected chi connectivity index (χ3v) is 6.11. The molecule has 1 aliphatic heterocycles. The smallest absolute Gasteiger partial charge is 0.119 e. The van der Waals surface area contributed by atoms with E-state index >= 15 is 0 Å². The van der Waals surface area contributed by atoms with Crippen LogP contribution in [0, 0.1) is 5.92 Å². The van der Waals surface area contributed by atoms with Crippen LogP contribution in [-0.4, -0.2) is 25.6 Å². The number of hydrogen-bond donors (Lipinski definition) is 0. The number of nitrogens with zero attached hydrogens (tertiary/aromatic N) is 1. The third kappa shape index (κ3) is 2.02. The quantitative estimate of drug-likeness (QED) is 0.820. The minimum absolute atomic E-state index is 0.544. The van der Waals surface area contributed by atoms with Crippen molar-refractivity contribution in [3.63, 3.8) is 0 Å². The van der Waals surface area contributed by atoms with Crippen LogP contribution < -0.4 is 4.74 Å². The second-order valence-corrected chi connectivity index (χ2v) is 7.20. The van der Waals surface area contributed by atoms with Crippen molar-refractivity contribution in [2.45, 2.75) is 24.8 Å². The lowest BCUT2D eigenvalue weighted by Gasteiger charge is -2.37. The Morgan fingerprint density at radius 1 is 1.24 bits per heavy atom. The van der Waals surface area contributed by atoms with Crippen molar-refractivity contribution in [3.8, 4) is 5.75 Å². The molecule has 1 aromatic heterocycles. The zero-order valence-electron chi connectivity index (χ0n) is 12.6. The Balaban J connectivity index is 1.87. The number of likely N-dealkylation sites (tertiary alicyclic amines) is 1. The summed E-state index contributed by atoms with van der Waals surface area (Å²) in [4.78, 5) is 4.06. The van der Waals surface area contributed by atoms with Crippen LogP contribution in [0.25, 0.3) is 0 Å². The average molecular weight is 299 g/mol. The third-order valence-electron chi connectivity index (χ3n) is 5.15. The topological polar surface area (TPSA) is 12.5 Å². The minimum atomic E-state index is 0.544. The number of rotatable bonds is 2. The highest BCUT2D eigenvalue weighted by atomic mass is 32.1. The fourth-order valence-electron chi connectivity index (χ4n) is 4.30. The Bertz CT molecular complexity index is 637. The average Bonchev–Trinajstić information content (AvgIpc) is 3.11. The largest absolute Gasteiger partial charge is 0.497 e. The van der Waals surface area contributed by atoms with Crippen LogP contribution in [0.5, 0.6) is 5.75 Å². The standard InChI is InChI=1S/C18H21NOS/c1-19-9-3-5-14-17(16-6-4-10-21-16)15-11-12(20-2)7-8-13(15)18(14)19/h4,6-8,10-11,14,17-18H,3,5,9H2,1-2H3. The van der Waals surface area contributed by atoms with Gasteiger partial charge in [-0.25, -0.2) is 0 Å². The van der Waals surface area contributed by atoms with Crippen molar-refractivity contribution in [2.24, 2.45) is 5.92 Å². The number of hydrogen-bond acceptors (Lipinski definition) is 3. The summed E-state index contributed by atoms with van der Waals surface area (Å²) >= 11 is 1.89. The van der Waals surface area contributed by atoms with Crippen LogP contribution in [0.1, 0.15) is 40.8 Å². The fraction of sp³-hybridized carbons (Fsp3) is 0.444. The highest BCUT2D eigenvalue weighted by Crippen LogP contribution is 2.55. The van der Waals surface area contributed by atoms with E-state index in [4.69, 9.17) is 4.74 Å². The number of fused-ring (bicyclic) bond motifs is 3. The molecular formula is C18H21NOS. The predicted molar refractivity (Wildman–Crippen MR) is 87.3 cm³/mol. The van der Waals surface area contributed by atoms with Crippen LogP contribution in [0.2, 0.25) is 0 Å². The molecule has 1 saturated heterocycles. The predicted octanol–water partition coefficient (Wildman–Crippen LogP) is 4.29. The number of methoxy groups -OCH3 is 1. The van der Waals surface area contributed by atoms with Crippen LogP contribution in [0.3, 0.4) is 0 Å². The Labute approximate surface area is 130 Å². The molecule has 0 bridgehead atoms. The summed E-state index contributed by atoms with van der Waals surface area (Å²) < 4.78 is 5.48. The summed E-state index contributed by atoms with van der Waals surface area (Å²) in [5, 5.41) is 2.20. The minimum Gasteiger partial charge on any atom is -0.497 e. The molecule has 2 aromatic rings. The molecule has 2 heterocycles. The fourth-order valence-corrected chi connectivity index (χ4v) is 5.22. The van der Waals surface area contributed by atoms with Crippen molar-refractivity contribution in [2.75, 3.05) is 20.7 Å². The van der Waals surface area contributed by atoms with E-state index in [1.165, 1.54) is 35.4 Å². The molecule has 2 aliphatic rings. The first-order valence-corrected chi connectivity index (χ1v) is 8.59. The highest BCUT2D eigenvalue weighted by molar-refractivity contribution is 7.10. The molecule has 0 radical (unpaired) electrons. The molecule has 4 rings (SSSR count). The van der Waals surface area contributed by atoms with Gasteiger partial charge in [-0.1, -0.05) is 12.1 Å². The summed E-state index contributed by atoms with van der Waals surface area (Å²) in [5.74, 6) is 2.24. The van der Waals surface area contributed by atoms with Crippen molar-refractivity contribution >= 4 is 11.3 Å². The summed E-state index contributed by atoms with van der Waals surface area (Å²) in [5.41, 5.74) is 3.00. The van der Waals surface area contributed by atoms with Gasteiger partial charge in [0.15, 0.2) is 0 Å². The van der Waals surface area contributed by atoms with Crippen LogP contribution in [0.15, 0.2) is 35.7 Å². The first-order chi connectivity index (χ1) is 10.3. The van der Waals surface area contributed by atoms with Crippen molar-refractivity contribution in [1.29, 1.82) is 0 Å². The van der Waals surface area contributed by atoms with Gasteiger partial charge in [-0.3, -0.25) is 4.90 Å². The van der Waals surface area contributed by atoms with E-state index in [1.54, 1.807) is 7.11 Å². The van der Waals surface area contributed by atoms with Gasteiger partial charge < -0.3 is 4.74 Å². The zero-order chi connectivity index (χ0) is 14.4. The monoisotopic (exact) mass is 299 g/mol. The molecule has 1 aliphatic carbocycles. The second kappa shape index (κ2) is 5.15. The lowest BCUT2D eigenvalue weighted by molar-refractivity contribution is 0.127. The maximum Gasteiger partial charge on any atom is 0.119 e. The Kier molecular flexibility index (Phi) is 3.27. The van der Waals surface area contributed by atoms with E-state index in [0.717, 1.165) is 5.75 Å². The molecule has 110 valence electrons. The Morgan fingerprint density at radius 2 is 2.14 bits per heavy atom. The number of thiophene rings is 1. The van der Waals surface area contributed by atoms with Crippen LogP contribution >= 0.6 is 11.3 Å². The molecule has 0 spiro atoms. The molecule has 0 amide bonds. The lowest BCUT2D eigenvalue weighted by Crippen LogP contribution is -2.34. The van der Waals surface area contributed by atoms with Crippen molar-refractivity contribution in [1.82, 2.24) is 4.90 Å². The molecule has 0 saturated carbocycles. The van der Waals surface area contributed by atoms with Crippen molar-refractivity contribution < 1.29 is 4.74 Å². The molecule has 3 atom stereocenters. The van der Waals surface area contributed by atoms with Gasteiger partial charge in [-0.05, 0) is 67.1 Å². The normalized spacial score (nSPS) is 28.2. The van der Waals surface area contributed by atoms with Gasteiger partial charge in [-0.2, -0.15) is 0 Å². The number of ether oxygens (including phenoxy) is 1. The van der Waals surface area contributed by atoms with E-state index in [0.29, 0.717) is 17.9 Å². The summed E-state index contributed by atoms with van der Waals surface area (Å²) in [6.07, 6.45) is 2.64. The first kappa shape index (κ1) is 13.4. The summed E-state index contributed by atoms with van der Waals surface area (Å²) in [6.45, 7) is 1.21. The summed E-state index contributed by atoms with van der Waals surface area (Å²) in [6, 6.07) is 11.7. The molecule has 2 nitrogen and oxygen atoms in total. The lowest BCUT2D eigenvalue weighted by atomic mass is 9.83. The van der Waals surface area contributed by atoms with E-state index in [1.807, 2.05) is 11.3 Å². The van der Waals surface area contributed by atoms with Gasteiger partial charge in [0.25, 0.3) is 0 Å². The molecule has 21 heavy (non-hydrogen) atoms. The number of benzene rings is 1. The van der Waals surface area contributed by atoms with Crippen LogP contribution in [0.4, 0.5) is 0 Å².